The number of amides is 1. The minimum atomic E-state index is -1.10. The van der Waals surface area contributed by atoms with Crippen molar-refractivity contribution in [3.8, 4) is 11.5 Å². The van der Waals surface area contributed by atoms with Crippen molar-refractivity contribution >= 4 is 46.3 Å². The highest BCUT2D eigenvalue weighted by atomic mass is 32.2. The molecular formula is C24H25NO5S2. The number of rotatable bonds is 10. The van der Waals surface area contributed by atoms with Crippen LogP contribution in [0, 0.1) is 0 Å². The van der Waals surface area contributed by atoms with Crippen LogP contribution < -0.4 is 9.47 Å². The van der Waals surface area contributed by atoms with Gasteiger partial charge in [0.05, 0.1) is 18.6 Å². The van der Waals surface area contributed by atoms with E-state index in [4.69, 9.17) is 21.7 Å². The van der Waals surface area contributed by atoms with Gasteiger partial charge in [0.1, 0.15) is 10.4 Å². The summed E-state index contributed by atoms with van der Waals surface area (Å²) in [7, 11) is 1.56. The molecule has 32 heavy (non-hydrogen) atoms. The first-order valence-corrected chi connectivity index (χ1v) is 11.5. The lowest BCUT2D eigenvalue weighted by molar-refractivity contribution is -0.145. The van der Waals surface area contributed by atoms with Crippen LogP contribution in [0.15, 0.2) is 53.4 Å². The van der Waals surface area contributed by atoms with E-state index in [1.54, 1.807) is 25.3 Å². The number of ether oxygens (including phenoxy) is 2. The fraction of sp³-hybridized carbons (Fsp3) is 0.292. The van der Waals surface area contributed by atoms with E-state index < -0.39 is 17.9 Å². The molecule has 1 N–H and O–H groups in total. The number of carboxylic acid groups (broad SMARTS) is 1. The number of nitrogens with zero attached hydrogens (tertiary/aromatic N) is 1. The van der Waals surface area contributed by atoms with E-state index in [9.17, 15) is 14.7 Å². The highest BCUT2D eigenvalue weighted by Crippen LogP contribution is 2.36. The molecule has 1 atom stereocenters. The maximum atomic E-state index is 13.1. The normalized spacial score (nSPS) is 15.8. The first-order chi connectivity index (χ1) is 15.4. The molecule has 1 saturated heterocycles. The fourth-order valence-corrected chi connectivity index (χ4v) is 4.60. The second kappa shape index (κ2) is 11.2. The number of hydrogen-bond acceptors (Lipinski definition) is 6. The van der Waals surface area contributed by atoms with Crippen LogP contribution in [0.2, 0.25) is 0 Å². The van der Waals surface area contributed by atoms with Crippen LogP contribution in [0.3, 0.4) is 0 Å². The molecule has 0 bridgehead atoms. The van der Waals surface area contributed by atoms with Gasteiger partial charge >= 0.3 is 5.97 Å². The van der Waals surface area contributed by atoms with Crippen LogP contribution in [-0.2, 0) is 16.0 Å². The van der Waals surface area contributed by atoms with Gasteiger partial charge in [-0.15, -0.1) is 0 Å². The average molecular weight is 472 g/mol. The number of carboxylic acids is 1. The van der Waals surface area contributed by atoms with Crippen molar-refractivity contribution in [3.63, 3.8) is 0 Å². The standard InChI is InChI=1S/C24H25NO5S2/c1-3-4-12-30-19-11-10-17(14-20(19)29-2)15-21-22(26)25(24(31)32-21)18(23(27)28)13-16-8-6-5-7-9-16/h5-11,14-15,18H,3-4,12-13H2,1-2H3,(H,27,28)/b21-15-/t18-/m0/s1. The number of methoxy groups -OCH3 is 1. The van der Waals surface area contributed by atoms with Crippen molar-refractivity contribution in [3.05, 3.63) is 64.6 Å². The number of aliphatic carboxylic acids is 1. The molecule has 1 heterocycles. The van der Waals surface area contributed by atoms with E-state index in [0.717, 1.165) is 35.7 Å². The third-order valence-corrected chi connectivity index (χ3v) is 6.26. The van der Waals surface area contributed by atoms with Crippen LogP contribution in [0.4, 0.5) is 0 Å². The zero-order valence-electron chi connectivity index (χ0n) is 17.9. The van der Waals surface area contributed by atoms with Gasteiger partial charge in [0.25, 0.3) is 5.91 Å². The van der Waals surface area contributed by atoms with Gasteiger partial charge in [0.15, 0.2) is 11.5 Å². The highest BCUT2D eigenvalue weighted by molar-refractivity contribution is 8.26. The lowest BCUT2D eigenvalue weighted by Gasteiger charge is -2.23. The maximum Gasteiger partial charge on any atom is 0.327 e. The zero-order chi connectivity index (χ0) is 23.1. The van der Waals surface area contributed by atoms with Crippen LogP contribution in [0.25, 0.3) is 6.08 Å². The molecule has 0 spiro atoms. The predicted molar refractivity (Wildman–Crippen MR) is 130 cm³/mol. The zero-order valence-corrected chi connectivity index (χ0v) is 19.6. The smallest absolute Gasteiger partial charge is 0.327 e. The number of unbranched alkanes of at least 4 members (excludes halogenated alkanes) is 1. The Morgan fingerprint density at radius 3 is 2.62 bits per heavy atom. The van der Waals surface area contributed by atoms with Gasteiger partial charge in [-0.2, -0.15) is 0 Å². The second-order valence-electron chi connectivity index (χ2n) is 7.21. The number of hydrogen-bond donors (Lipinski definition) is 1. The van der Waals surface area contributed by atoms with Crippen molar-refractivity contribution < 1.29 is 24.2 Å². The molecule has 1 fully saturated rings. The van der Waals surface area contributed by atoms with E-state index in [2.05, 4.69) is 6.92 Å². The van der Waals surface area contributed by atoms with Crippen molar-refractivity contribution in [1.29, 1.82) is 0 Å². The first kappa shape index (κ1) is 23.8. The Labute approximate surface area is 197 Å². The lowest BCUT2D eigenvalue weighted by Crippen LogP contribution is -2.45. The number of carbonyl (C=O) groups is 2. The summed E-state index contributed by atoms with van der Waals surface area (Å²) >= 11 is 6.47. The van der Waals surface area contributed by atoms with Crippen LogP contribution in [-0.4, -0.2) is 46.0 Å². The van der Waals surface area contributed by atoms with Crippen molar-refractivity contribution in [2.75, 3.05) is 13.7 Å². The Kier molecular flexibility index (Phi) is 8.30. The third kappa shape index (κ3) is 5.69. The fourth-order valence-electron chi connectivity index (χ4n) is 3.25. The minimum Gasteiger partial charge on any atom is -0.493 e. The van der Waals surface area contributed by atoms with E-state index in [1.807, 2.05) is 36.4 Å². The molecule has 0 aliphatic carbocycles. The molecule has 168 valence electrons. The van der Waals surface area contributed by atoms with Gasteiger partial charge in [-0.25, -0.2) is 4.79 Å². The summed E-state index contributed by atoms with van der Waals surface area (Å²) in [5.41, 5.74) is 1.56. The molecule has 1 amide bonds. The molecule has 6 nitrogen and oxygen atoms in total. The maximum absolute atomic E-state index is 13.1. The van der Waals surface area contributed by atoms with Gasteiger partial charge in [0, 0.05) is 6.42 Å². The minimum absolute atomic E-state index is 0.174. The second-order valence-corrected chi connectivity index (χ2v) is 8.88. The van der Waals surface area contributed by atoms with E-state index >= 15 is 0 Å². The Hall–Kier alpha value is -2.84. The molecule has 8 heteroatoms. The summed E-state index contributed by atoms with van der Waals surface area (Å²) in [6.45, 7) is 2.69. The molecule has 0 unspecified atom stereocenters. The summed E-state index contributed by atoms with van der Waals surface area (Å²) in [5, 5.41) is 9.78. The molecule has 0 saturated carbocycles. The van der Waals surface area contributed by atoms with Crippen LogP contribution in [0.1, 0.15) is 30.9 Å². The summed E-state index contributed by atoms with van der Waals surface area (Å²) in [4.78, 5) is 26.6. The van der Waals surface area contributed by atoms with E-state index in [1.165, 1.54) is 4.90 Å². The first-order valence-electron chi connectivity index (χ1n) is 10.3. The third-order valence-electron chi connectivity index (χ3n) is 4.93. The van der Waals surface area contributed by atoms with Gasteiger partial charge in [0.2, 0.25) is 0 Å². The average Bonchev–Trinajstić information content (AvgIpc) is 3.06. The van der Waals surface area contributed by atoms with Gasteiger partial charge in [-0.05, 0) is 35.8 Å². The molecule has 0 aromatic heterocycles. The molecular weight excluding hydrogens is 446 g/mol. The molecule has 2 aromatic carbocycles. The predicted octanol–water partition coefficient (Wildman–Crippen LogP) is 4.77. The number of carbonyl (C=O) groups excluding carboxylic acids is 1. The summed E-state index contributed by atoms with van der Waals surface area (Å²) in [6, 6.07) is 13.5. The summed E-state index contributed by atoms with van der Waals surface area (Å²) in [6.07, 6.45) is 3.84. The number of thiocarbonyl (C=S) groups is 1. The number of thioether (sulfide) groups is 1. The quantitative estimate of drug-likeness (QED) is 0.304. The Morgan fingerprint density at radius 1 is 1.22 bits per heavy atom. The molecule has 3 rings (SSSR count). The van der Waals surface area contributed by atoms with Crippen molar-refractivity contribution in [2.45, 2.75) is 32.2 Å². The van der Waals surface area contributed by atoms with Crippen LogP contribution >= 0.6 is 24.0 Å². The SMILES string of the molecule is CCCCOc1ccc(/C=C2\SC(=S)N([C@@H](Cc3ccccc3)C(=O)O)C2=O)cc1OC. The van der Waals surface area contributed by atoms with E-state index in [-0.39, 0.29) is 10.7 Å². The molecule has 0 radical (unpaired) electrons. The Morgan fingerprint density at radius 2 is 1.97 bits per heavy atom. The molecule has 1 aliphatic rings. The largest absolute Gasteiger partial charge is 0.493 e. The molecule has 1 aliphatic heterocycles. The Balaban J connectivity index is 1.82. The van der Waals surface area contributed by atoms with Crippen LogP contribution in [0.5, 0.6) is 11.5 Å². The summed E-state index contributed by atoms with van der Waals surface area (Å²) in [5.74, 6) is -0.301. The van der Waals surface area contributed by atoms with Gasteiger partial charge < -0.3 is 14.6 Å². The summed E-state index contributed by atoms with van der Waals surface area (Å²) < 4.78 is 11.4. The van der Waals surface area contributed by atoms with E-state index in [0.29, 0.717) is 23.0 Å². The number of benzene rings is 2. The lowest BCUT2D eigenvalue weighted by atomic mass is 10.0. The van der Waals surface area contributed by atoms with Crippen molar-refractivity contribution in [2.24, 2.45) is 0 Å². The Bertz CT molecular complexity index is 1020. The topological polar surface area (TPSA) is 76.1 Å². The van der Waals surface area contributed by atoms with Gasteiger partial charge in [-0.3, -0.25) is 9.69 Å². The highest BCUT2D eigenvalue weighted by Gasteiger charge is 2.40. The monoisotopic (exact) mass is 471 g/mol. The van der Waals surface area contributed by atoms with Gasteiger partial charge in [-0.1, -0.05) is 73.7 Å². The molecule has 2 aromatic rings. The van der Waals surface area contributed by atoms with Crippen molar-refractivity contribution in [1.82, 2.24) is 4.90 Å².